The number of nitrogens with zero attached hydrogens (tertiary/aromatic N) is 4. The molecule has 0 saturated carbocycles. The van der Waals surface area contributed by atoms with Gasteiger partial charge in [-0.3, -0.25) is 9.89 Å². The van der Waals surface area contributed by atoms with Crippen LogP contribution in [-0.4, -0.2) is 61.6 Å². The number of aliphatic imine (C=N–C) groups is 1. The zero-order valence-electron chi connectivity index (χ0n) is 17.3. The summed E-state index contributed by atoms with van der Waals surface area (Å²) in [6, 6.07) is 11.1. The third kappa shape index (κ3) is 6.31. The Bertz CT molecular complexity index is 790. The summed E-state index contributed by atoms with van der Waals surface area (Å²) in [5.41, 5.74) is 7.37. The van der Waals surface area contributed by atoms with Crippen molar-refractivity contribution < 1.29 is 4.39 Å². The highest BCUT2D eigenvalue weighted by molar-refractivity contribution is 14.0. The Morgan fingerprint density at radius 1 is 1.10 bits per heavy atom. The van der Waals surface area contributed by atoms with E-state index in [9.17, 15) is 4.39 Å². The fraction of sp³-hybridized carbons (Fsp3) is 0.500. The summed E-state index contributed by atoms with van der Waals surface area (Å²) in [4.78, 5) is 13.2. The standard InChI is InChI=1S/C22H30FN5S.HI/c23-19-5-7-20(8-6-19)27-10-12-28(13-11-27)22(24)25-15-18-3-1-9-26(16-18)17-21-4-2-14-29-21;/h2,4-8,14,18H,1,3,9-13,15-17H2,(H2,24,25);1H. The molecule has 164 valence electrons. The van der Waals surface area contributed by atoms with E-state index in [4.69, 9.17) is 10.7 Å². The second-order valence-electron chi connectivity index (χ2n) is 7.97. The first-order chi connectivity index (χ1) is 14.2. The number of hydrogen-bond donors (Lipinski definition) is 1. The Kier molecular flexibility index (Phi) is 8.76. The normalized spacial score (nSPS) is 20.8. The average molecular weight is 543 g/mol. The van der Waals surface area contributed by atoms with E-state index in [0.29, 0.717) is 11.9 Å². The minimum Gasteiger partial charge on any atom is -0.370 e. The number of benzene rings is 1. The van der Waals surface area contributed by atoms with Crippen LogP contribution in [0.3, 0.4) is 0 Å². The van der Waals surface area contributed by atoms with Crippen LogP contribution in [-0.2, 0) is 6.54 Å². The molecule has 0 bridgehead atoms. The molecule has 1 aromatic carbocycles. The third-order valence-corrected chi connectivity index (χ3v) is 6.73. The van der Waals surface area contributed by atoms with Gasteiger partial charge in [0.05, 0.1) is 0 Å². The molecular weight excluding hydrogens is 512 g/mol. The van der Waals surface area contributed by atoms with Gasteiger partial charge in [0.1, 0.15) is 5.82 Å². The summed E-state index contributed by atoms with van der Waals surface area (Å²) in [5, 5.41) is 2.15. The van der Waals surface area contributed by atoms with Gasteiger partial charge in [-0.05, 0) is 61.0 Å². The van der Waals surface area contributed by atoms with Gasteiger partial charge in [-0.25, -0.2) is 4.39 Å². The minimum absolute atomic E-state index is 0. The van der Waals surface area contributed by atoms with E-state index in [-0.39, 0.29) is 29.8 Å². The number of thiophene rings is 1. The second-order valence-corrected chi connectivity index (χ2v) is 9.00. The van der Waals surface area contributed by atoms with Gasteiger partial charge < -0.3 is 15.5 Å². The van der Waals surface area contributed by atoms with E-state index < -0.39 is 0 Å². The molecule has 4 rings (SSSR count). The summed E-state index contributed by atoms with van der Waals surface area (Å²) in [6.45, 7) is 7.60. The van der Waals surface area contributed by atoms with Crippen molar-refractivity contribution in [2.45, 2.75) is 19.4 Å². The van der Waals surface area contributed by atoms with Gasteiger partial charge in [-0.1, -0.05) is 6.07 Å². The molecule has 5 nitrogen and oxygen atoms in total. The highest BCUT2D eigenvalue weighted by Crippen LogP contribution is 2.21. The largest absolute Gasteiger partial charge is 0.370 e. The summed E-state index contributed by atoms with van der Waals surface area (Å²) in [6.07, 6.45) is 2.47. The Hall–Kier alpha value is -1.39. The van der Waals surface area contributed by atoms with Crippen LogP contribution < -0.4 is 10.6 Å². The fourth-order valence-corrected chi connectivity index (χ4v) is 4.98. The van der Waals surface area contributed by atoms with Crippen molar-refractivity contribution in [3.05, 3.63) is 52.5 Å². The molecule has 3 heterocycles. The lowest BCUT2D eigenvalue weighted by Crippen LogP contribution is -2.51. The van der Waals surface area contributed by atoms with Crippen molar-refractivity contribution in [3.63, 3.8) is 0 Å². The van der Waals surface area contributed by atoms with Crippen molar-refractivity contribution in [2.24, 2.45) is 16.6 Å². The maximum Gasteiger partial charge on any atom is 0.191 e. The predicted molar refractivity (Wildman–Crippen MR) is 134 cm³/mol. The molecule has 8 heteroatoms. The van der Waals surface area contributed by atoms with Gasteiger partial charge in [0.25, 0.3) is 0 Å². The Balaban J connectivity index is 0.00000256. The maximum absolute atomic E-state index is 13.1. The van der Waals surface area contributed by atoms with Crippen LogP contribution in [0.1, 0.15) is 17.7 Å². The SMILES string of the molecule is I.NC(=NCC1CCCN(Cc2cccs2)C1)N1CCN(c2ccc(F)cc2)CC1. The molecule has 1 atom stereocenters. The predicted octanol–water partition coefficient (Wildman–Crippen LogP) is 3.85. The number of hydrogen-bond acceptors (Lipinski definition) is 4. The molecule has 2 saturated heterocycles. The maximum atomic E-state index is 13.1. The van der Waals surface area contributed by atoms with Crippen molar-refractivity contribution >= 4 is 47.0 Å². The van der Waals surface area contributed by atoms with Crippen LogP contribution in [0, 0.1) is 11.7 Å². The van der Waals surface area contributed by atoms with Crippen LogP contribution in [0.25, 0.3) is 0 Å². The van der Waals surface area contributed by atoms with Crippen molar-refractivity contribution in [1.82, 2.24) is 9.80 Å². The number of nitrogens with two attached hydrogens (primary N) is 1. The number of rotatable bonds is 5. The zero-order valence-corrected chi connectivity index (χ0v) is 20.4. The summed E-state index contributed by atoms with van der Waals surface area (Å²) < 4.78 is 13.1. The van der Waals surface area contributed by atoms with E-state index in [1.807, 2.05) is 23.5 Å². The lowest BCUT2D eigenvalue weighted by molar-refractivity contribution is 0.172. The topological polar surface area (TPSA) is 48.1 Å². The van der Waals surface area contributed by atoms with E-state index in [1.165, 1.54) is 36.4 Å². The minimum atomic E-state index is -0.194. The van der Waals surface area contributed by atoms with E-state index in [2.05, 4.69) is 32.2 Å². The molecule has 0 radical (unpaired) electrons. The van der Waals surface area contributed by atoms with Gasteiger partial charge in [-0.15, -0.1) is 35.3 Å². The molecule has 2 aliphatic heterocycles. The van der Waals surface area contributed by atoms with Gasteiger partial charge in [0, 0.05) is 56.4 Å². The molecule has 0 spiro atoms. The quantitative estimate of drug-likeness (QED) is 0.354. The molecule has 2 N–H and O–H groups in total. The number of anilines is 1. The molecule has 0 amide bonds. The molecule has 1 unspecified atom stereocenters. The third-order valence-electron chi connectivity index (χ3n) is 5.87. The molecule has 0 aliphatic carbocycles. The van der Waals surface area contributed by atoms with Crippen LogP contribution in [0.5, 0.6) is 0 Å². The molecule has 1 aromatic heterocycles. The van der Waals surface area contributed by atoms with Crippen LogP contribution in [0.15, 0.2) is 46.8 Å². The summed E-state index contributed by atoms with van der Waals surface area (Å²) in [5.74, 6) is 1.06. The first kappa shape index (κ1) is 23.3. The first-order valence-corrected chi connectivity index (χ1v) is 11.4. The van der Waals surface area contributed by atoms with Gasteiger partial charge in [0.2, 0.25) is 0 Å². The number of halogens is 2. The molecule has 2 fully saturated rings. The van der Waals surface area contributed by atoms with E-state index >= 15 is 0 Å². The number of guanidine groups is 1. The van der Waals surface area contributed by atoms with Crippen molar-refractivity contribution in [1.29, 1.82) is 0 Å². The van der Waals surface area contributed by atoms with Crippen LogP contribution >= 0.6 is 35.3 Å². The van der Waals surface area contributed by atoms with Gasteiger partial charge in [-0.2, -0.15) is 0 Å². The average Bonchev–Trinajstić information content (AvgIpc) is 3.26. The van der Waals surface area contributed by atoms with E-state index in [1.54, 1.807) is 0 Å². The van der Waals surface area contributed by atoms with Crippen LogP contribution in [0.2, 0.25) is 0 Å². The summed E-state index contributed by atoms with van der Waals surface area (Å²) >= 11 is 1.84. The molecular formula is C22H31FIN5S. The highest BCUT2D eigenvalue weighted by atomic mass is 127. The highest BCUT2D eigenvalue weighted by Gasteiger charge is 2.22. The zero-order chi connectivity index (χ0) is 20.1. The van der Waals surface area contributed by atoms with Gasteiger partial charge >= 0.3 is 0 Å². The van der Waals surface area contributed by atoms with E-state index in [0.717, 1.165) is 51.5 Å². The monoisotopic (exact) mass is 543 g/mol. The number of piperazine rings is 1. The second kappa shape index (κ2) is 11.3. The molecule has 2 aliphatic rings. The lowest BCUT2D eigenvalue weighted by Gasteiger charge is -2.37. The van der Waals surface area contributed by atoms with Crippen LogP contribution in [0.4, 0.5) is 10.1 Å². The van der Waals surface area contributed by atoms with Crippen molar-refractivity contribution in [3.8, 4) is 0 Å². The Labute approximate surface area is 199 Å². The fourth-order valence-electron chi connectivity index (χ4n) is 4.24. The lowest BCUT2D eigenvalue weighted by atomic mass is 9.98. The Morgan fingerprint density at radius 2 is 1.87 bits per heavy atom. The summed E-state index contributed by atoms with van der Waals surface area (Å²) in [7, 11) is 0. The first-order valence-electron chi connectivity index (χ1n) is 10.5. The number of piperidine rings is 1. The molecule has 2 aromatic rings. The molecule has 30 heavy (non-hydrogen) atoms. The Morgan fingerprint density at radius 3 is 2.57 bits per heavy atom. The smallest absolute Gasteiger partial charge is 0.191 e. The number of likely N-dealkylation sites (tertiary alicyclic amines) is 1. The van der Waals surface area contributed by atoms with Crippen molar-refractivity contribution in [2.75, 3.05) is 50.7 Å². The van der Waals surface area contributed by atoms with Gasteiger partial charge in [0.15, 0.2) is 5.96 Å².